The second-order valence-electron chi connectivity index (χ2n) is 6.61. The number of aromatic nitrogens is 3. The molecule has 3 N–H and O–H groups in total. The van der Waals surface area contributed by atoms with Crippen LogP contribution in [0, 0.1) is 0 Å². The zero-order valence-electron chi connectivity index (χ0n) is 15.6. The number of carbonyl (C=O) groups excluding carboxylic acids is 1. The van der Waals surface area contributed by atoms with Crippen molar-refractivity contribution in [2.45, 2.75) is 0 Å². The number of aromatic amines is 1. The van der Waals surface area contributed by atoms with Gasteiger partial charge < -0.3 is 20.4 Å². The molecule has 7 nitrogen and oxygen atoms in total. The van der Waals surface area contributed by atoms with E-state index >= 15 is 0 Å². The molecule has 2 aromatic heterocycles. The summed E-state index contributed by atoms with van der Waals surface area (Å²) in [4.78, 5) is 25.1. The smallest absolute Gasteiger partial charge is 0.323 e. The SMILES string of the molecule is COc1cccc(NC(=O)Nc2ccc3[nH]c4nc5ccccc5nc4c3c2)c1. The van der Waals surface area contributed by atoms with Gasteiger partial charge in [0.05, 0.1) is 18.1 Å². The number of H-pyrrole nitrogens is 1. The standard InChI is InChI=1S/C22H17N5O2/c1-29-15-6-4-5-13(11-15)23-22(28)24-14-9-10-17-16(12-14)20-21(26-17)27-19-8-3-2-7-18(19)25-20/h2-12H,1H3,(H,26,27)(H2,23,24,28). The van der Waals surface area contributed by atoms with Gasteiger partial charge in [0.25, 0.3) is 0 Å². The van der Waals surface area contributed by atoms with E-state index in [2.05, 4.69) is 20.6 Å². The number of rotatable bonds is 3. The maximum absolute atomic E-state index is 12.4. The van der Waals surface area contributed by atoms with E-state index in [0.717, 1.165) is 33.1 Å². The lowest BCUT2D eigenvalue weighted by Crippen LogP contribution is -2.19. The highest BCUT2D eigenvalue weighted by atomic mass is 16.5. The van der Waals surface area contributed by atoms with E-state index in [0.29, 0.717) is 17.1 Å². The van der Waals surface area contributed by atoms with E-state index in [1.54, 1.807) is 19.2 Å². The minimum atomic E-state index is -0.339. The van der Waals surface area contributed by atoms with Crippen molar-refractivity contribution in [3.05, 3.63) is 66.7 Å². The summed E-state index contributed by atoms with van der Waals surface area (Å²) in [5, 5.41) is 6.56. The quantitative estimate of drug-likeness (QED) is 0.412. The molecule has 0 aliphatic heterocycles. The first-order valence-electron chi connectivity index (χ1n) is 9.10. The Hall–Kier alpha value is -4.13. The van der Waals surface area contributed by atoms with E-state index in [9.17, 15) is 4.79 Å². The number of benzene rings is 3. The zero-order chi connectivity index (χ0) is 19.8. The van der Waals surface area contributed by atoms with Gasteiger partial charge in [-0.2, -0.15) is 0 Å². The van der Waals surface area contributed by atoms with Crippen LogP contribution in [-0.2, 0) is 0 Å². The van der Waals surface area contributed by atoms with Crippen LogP contribution >= 0.6 is 0 Å². The first-order chi connectivity index (χ1) is 14.2. The Morgan fingerprint density at radius 1 is 0.897 bits per heavy atom. The van der Waals surface area contributed by atoms with E-state index < -0.39 is 0 Å². The summed E-state index contributed by atoms with van der Waals surface area (Å²) >= 11 is 0. The largest absolute Gasteiger partial charge is 0.497 e. The minimum absolute atomic E-state index is 0.339. The number of amides is 2. The average molecular weight is 383 g/mol. The summed E-state index contributed by atoms with van der Waals surface area (Å²) in [6.07, 6.45) is 0. The van der Waals surface area contributed by atoms with Crippen molar-refractivity contribution in [3.63, 3.8) is 0 Å². The first-order valence-corrected chi connectivity index (χ1v) is 9.10. The van der Waals surface area contributed by atoms with Crippen molar-refractivity contribution in [2.24, 2.45) is 0 Å². The summed E-state index contributed by atoms with van der Waals surface area (Å²) in [5.74, 6) is 0.675. The number of fused-ring (bicyclic) bond motifs is 4. The third kappa shape index (κ3) is 3.19. The second kappa shape index (κ2) is 6.79. The molecule has 2 amide bonds. The van der Waals surface area contributed by atoms with E-state index in [-0.39, 0.29) is 6.03 Å². The number of carbonyl (C=O) groups is 1. The van der Waals surface area contributed by atoms with Gasteiger partial charge in [0.15, 0.2) is 5.65 Å². The molecule has 0 bridgehead atoms. The monoisotopic (exact) mass is 383 g/mol. The topological polar surface area (TPSA) is 91.9 Å². The molecule has 0 saturated carbocycles. The molecule has 5 rings (SSSR count). The van der Waals surface area contributed by atoms with Gasteiger partial charge in [-0.15, -0.1) is 0 Å². The molecule has 0 spiro atoms. The van der Waals surface area contributed by atoms with Crippen LogP contribution in [0.4, 0.5) is 16.2 Å². The van der Waals surface area contributed by atoms with Gasteiger partial charge in [0, 0.05) is 28.3 Å². The molecule has 0 saturated heterocycles. The lowest BCUT2D eigenvalue weighted by Gasteiger charge is -2.09. The Balaban J connectivity index is 1.46. The van der Waals surface area contributed by atoms with Gasteiger partial charge in [-0.25, -0.2) is 14.8 Å². The Labute approximate surface area is 165 Å². The Morgan fingerprint density at radius 2 is 1.66 bits per heavy atom. The van der Waals surface area contributed by atoms with Crippen molar-refractivity contribution >= 4 is 50.5 Å². The van der Waals surface area contributed by atoms with Crippen LogP contribution in [0.25, 0.3) is 33.1 Å². The summed E-state index contributed by atoms with van der Waals surface area (Å²) in [7, 11) is 1.59. The van der Waals surface area contributed by atoms with Crippen LogP contribution < -0.4 is 15.4 Å². The van der Waals surface area contributed by atoms with Crippen molar-refractivity contribution < 1.29 is 9.53 Å². The van der Waals surface area contributed by atoms with Gasteiger partial charge in [-0.1, -0.05) is 18.2 Å². The molecule has 7 heteroatoms. The van der Waals surface area contributed by atoms with Crippen molar-refractivity contribution in [1.82, 2.24) is 15.0 Å². The maximum atomic E-state index is 12.4. The Morgan fingerprint density at radius 3 is 2.45 bits per heavy atom. The number of hydrogen-bond acceptors (Lipinski definition) is 4. The number of ether oxygens (including phenoxy) is 1. The molecule has 0 fully saturated rings. The summed E-state index contributed by atoms with van der Waals surface area (Å²) in [5.41, 5.74) is 5.38. The van der Waals surface area contributed by atoms with E-state index in [1.807, 2.05) is 54.6 Å². The third-order valence-corrected chi connectivity index (χ3v) is 4.68. The molecule has 0 aliphatic carbocycles. The molecule has 0 atom stereocenters. The molecule has 5 aromatic rings. The summed E-state index contributed by atoms with van der Waals surface area (Å²) < 4.78 is 5.18. The van der Waals surface area contributed by atoms with Crippen LogP contribution in [0.5, 0.6) is 5.75 Å². The molecule has 2 heterocycles. The fourth-order valence-corrected chi connectivity index (χ4v) is 3.32. The molecule has 0 aliphatic rings. The van der Waals surface area contributed by atoms with Gasteiger partial charge in [0.2, 0.25) is 0 Å². The highest BCUT2D eigenvalue weighted by molar-refractivity contribution is 6.08. The number of nitrogens with one attached hydrogen (secondary N) is 3. The summed E-state index contributed by atoms with van der Waals surface area (Å²) in [6.45, 7) is 0. The van der Waals surface area contributed by atoms with E-state index in [1.165, 1.54) is 0 Å². The lowest BCUT2D eigenvalue weighted by atomic mass is 10.2. The molecule has 29 heavy (non-hydrogen) atoms. The van der Waals surface area contributed by atoms with Gasteiger partial charge in [-0.05, 0) is 42.5 Å². The van der Waals surface area contributed by atoms with Crippen molar-refractivity contribution in [1.29, 1.82) is 0 Å². The van der Waals surface area contributed by atoms with Gasteiger partial charge in [0.1, 0.15) is 11.3 Å². The minimum Gasteiger partial charge on any atom is -0.497 e. The number of para-hydroxylation sites is 2. The molecular formula is C22H17N5O2. The van der Waals surface area contributed by atoms with Crippen LogP contribution in [0.2, 0.25) is 0 Å². The summed E-state index contributed by atoms with van der Waals surface area (Å²) in [6, 6.07) is 20.2. The van der Waals surface area contributed by atoms with Gasteiger partial charge >= 0.3 is 6.03 Å². The highest BCUT2D eigenvalue weighted by Crippen LogP contribution is 2.27. The number of anilines is 2. The number of hydrogen-bond donors (Lipinski definition) is 3. The van der Waals surface area contributed by atoms with Gasteiger partial charge in [-0.3, -0.25) is 0 Å². The fourth-order valence-electron chi connectivity index (χ4n) is 3.32. The predicted molar refractivity (Wildman–Crippen MR) is 115 cm³/mol. The molecule has 0 unspecified atom stereocenters. The first kappa shape index (κ1) is 17.0. The van der Waals surface area contributed by atoms with Crippen LogP contribution in [-0.4, -0.2) is 28.1 Å². The Bertz CT molecular complexity index is 1380. The number of urea groups is 1. The number of methoxy groups -OCH3 is 1. The van der Waals surface area contributed by atoms with Crippen molar-refractivity contribution in [2.75, 3.05) is 17.7 Å². The third-order valence-electron chi connectivity index (χ3n) is 4.68. The fraction of sp³-hybridized carbons (Fsp3) is 0.0455. The van der Waals surface area contributed by atoms with Crippen LogP contribution in [0.15, 0.2) is 66.7 Å². The molecule has 142 valence electrons. The Kier molecular flexibility index (Phi) is 3.98. The van der Waals surface area contributed by atoms with Crippen LogP contribution in [0.3, 0.4) is 0 Å². The normalized spacial score (nSPS) is 11.1. The van der Waals surface area contributed by atoms with Crippen LogP contribution in [0.1, 0.15) is 0 Å². The molecular weight excluding hydrogens is 366 g/mol. The lowest BCUT2D eigenvalue weighted by molar-refractivity contribution is 0.262. The van der Waals surface area contributed by atoms with E-state index in [4.69, 9.17) is 9.72 Å². The average Bonchev–Trinajstić information content (AvgIpc) is 3.09. The maximum Gasteiger partial charge on any atom is 0.323 e. The molecule has 0 radical (unpaired) electrons. The number of nitrogens with zero attached hydrogens (tertiary/aromatic N) is 2. The predicted octanol–water partition coefficient (Wildman–Crippen LogP) is 4.92. The second-order valence-corrected chi connectivity index (χ2v) is 6.61. The van der Waals surface area contributed by atoms with Crippen molar-refractivity contribution in [3.8, 4) is 5.75 Å². The molecule has 3 aromatic carbocycles. The zero-order valence-corrected chi connectivity index (χ0v) is 15.6. The highest BCUT2D eigenvalue weighted by Gasteiger charge is 2.11.